The number of nitrogens with two attached hydrogens (primary N) is 1. The summed E-state index contributed by atoms with van der Waals surface area (Å²) in [5.41, 5.74) is 6.99. The van der Waals surface area contributed by atoms with Crippen LogP contribution in [0, 0.1) is 5.92 Å². The maximum Gasteiger partial charge on any atom is 0.274 e. The van der Waals surface area contributed by atoms with Crippen molar-refractivity contribution >= 4 is 11.6 Å². The zero-order chi connectivity index (χ0) is 15.0. The third-order valence-electron chi connectivity index (χ3n) is 5.00. The van der Waals surface area contributed by atoms with Crippen LogP contribution in [0.3, 0.4) is 0 Å². The molecular formula is C15H25N5O. The van der Waals surface area contributed by atoms with Gasteiger partial charge in [0.15, 0.2) is 0 Å². The van der Waals surface area contributed by atoms with Crippen LogP contribution in [0.5, 0.6) is 0 Å². The number of anilines is 1. The van der Waals surface area contributed by atoms with Crippen LogP contribution in [-0.4, -0.2) is 58.2 Å². The van der Waals surface area contributed by atoms with Crippen LogP contribution in [-0.2, 0) is 6.54 Å². The largest absolute Gasteiger partial charge is 0.396 e. The first-order chi connectivity index (χ1) is 10.1. The minimum Gasteiger partial charge on any atom is -0.396 e. The van der Waals surface area contributed by atoms with Gasteiger partial charge in [0.25, 0.3) is 5.91 Å². The third-order valence-corrected chi connectivity index (χ3v) is 5.00. The molecule has 3 heterocycles. The average Bonchev–Trinajstić information content (AvgIpc) is 2.87. The van der Waals surface area contributed by atoms with Crippen molar-refractivity contribution in [2.45, 2.75) is 38.8 Å². The minimum atomic E-state index is 0.0403. The fourth-order valence-corrected chi connectivity index (χ4v) is 3.86. The molecule has 1 aromatic rings. The fourth-order valence-electron chi connectivity index (χ4n) is 3.86. The second-order valence-electron chi connectivity index (χ2n) is 6.25. The molecule has 0 radical (unpaired) electrons. The highest BCUT2D eigenvalue weighted by atomic mass is 16.2. The van der Waals surface area contributed by atoms with Crippen LogP contribution < -0.4 is 5.73 Å². The maximum absolute atomic E-state index is 12.8. The van der Waals surface area contributed by atoms with Gasteiger partial charge in [-0.15, -0.1) is 0 Å². The molecule has 2 aliphatic heterocycles. The van der Waals surface area contributed by atoms with Gasteiger partial charge < -0.3 is 15.5 Å². The van der Waals surface area contributed by atoms with Gasteiger partial charge in [-0.25, -0.2) is 0 Å². The summed E-state index contributed by atoms with van der Waals surface area (Å²) in [5.74, 6) is 0.638. The van der Waals surface area contributed by atoms with Crippen molar-refractivity contribution in [3.8, 4) is 0 Å². The first-order valence-electron chi connectivity index (χ1n) is 7.92. The van der Waals surface area contributed by atoms with E-state index in [0.29, 0.717) is 29.9 Å². The van der Waals surface area contributed by atoms with E-state index >= 15 is 0 Å². The van der Waals surface area contributed by atoms with E-state index < -0.39 is 0 Å². The Bertz CT molecular complexity index is 526. The highest BCUT2D eigenvalue weighted by molar-refractivity contribution is 5.97. The van der Waals surface area contributed by atoms with Gasteiger partial charge in [0.05, 0.1) is 11.9 Å². The molecular weight excluding hydrogens is 266 g/mol. The summed E-state index contributed by atoms with van der Waals surface area (Å²) < 4.78 is 1.71. The van der Waals surface area contributed by atoms with Gasteiger partial charge in [-0.1, -0.05) is 0 Å². The first-order valence-corrected chi connectivity index (χ1v) is 7.92. The van der Waals surface area contributed by atoms with Crippen LogP contribution >= 0.6 is 0 Å². The van der Waals surface area contributed by atoms with Gasteiger partial charge in [-0.3, -0.25) is 9.48 Å². The smallest absolute Gasteiger partial charge is 0.274 e. The minimum absolute atomic E-state index is 0.0403. The summed E-state index contributed by atoms with van der Waals surface area (Å²) in [6.07, 6.45) is 5.10. The van der Waals surface area contributed by atoms with Gasteiger partial charge in [0.1, 0.15) is 5.69 Å². The van der Waals surface area contributed by atoms with Gasteiger partial charge in [-0.05, 0) is 45.7 Å². The predicted molar refractivity (Wildman–Crippen MR) is 82.0 cm³/mol. The number of piperidine rings is 2. The van der Waals surface area contributed by atoms with E-state index in [4.69, 9.17) is 5.73 Å². The first kappa shape index (κ1) is 14.4. The van der Waals surface area contributed by atoms with E-state index in [1.165, 1.54) is 19.4 Å². The van der Waals surface area contributed by atoms with Crippen molar-refractivity contribution in [1.82, 2.24) is 19.6 Å². The van der Waals surface area contributed by atoms with Crippen LogP contribution in [0.4, 0.5) is 5.69 Å². The highest BCUT2D eigenvalue weighted by Gasteiger charge is 2.36. The number of rotatable bonds is 2. The van der Waals surface area contributed by atoms with Crippen molar-refractivity contribution in [2.75, 3.05) is 32.4 Å². The molecule has 2 fully saturated rings. The second kappa shape index (κ2) is 5.67. The third kappa shape index (κ3) is 2.52. The van der Waals surface area contributed by atoms with Crippen molar-refractivity contribution in [3.05, 3.63) is 11.9 Å². The number of hydrogen-bond acceptors (Lipinski definition) is 4. The lowest BCUT2D eigenvalue weighted by molar-refractivity contribution is 0.0310. The Balaban J connectivity index is 1.76. The predicted octanol–water partition coefficient (Wildman–Crippen LogP) is 1.04. The Kier molecular flexibility index (Phi) is 3.89. The molecule has 21 heavy (non-hydrogen) atoms. The van der Waals surface area contributed by atoms with E-state index in [9.17, 15) is 4.79 Å². The quantitative estimate of drug-likeness (QED) is 0.884. The number of carbonyl (C=O) groups excluding carboxylic acids is 1. The number of fused-ring (bicyclic) bond motifs is 1. The maximum atomic E-state index is 12.8. The zero-order valence-corrected chi connectivity index (χ0v) is 13.0. The summed E-state index contributed by atoms with van der Waals surface area (Å²) in [7, 11) is 2.21. The second-order valence-corrected chi connectivity index (χ2v) is 6.25. The molecule has 116 valence electrons. The molecule has 2 N–H and O–H groups in total. The Morgan fingerprint density at radius 2 is 2.24 bits per heavy atom. The Morgan fingerprint density at radius 1 is 1.43 bits per heavy atom. The van der Waals surface area contributed by atoms with Crippen LogP contribution in [0.2, 0.25) is 0 Å². The van der Waals surface area contributed by atoms with Crippen molar-refractivity contribution < 1.29 is 4.79 Å². The molecule has 2 saturated heterocycles. The monoisotopic (exact) mass is 291 g/mol. The van der Waals surface area contributed by atoms with E-state index in [1.54, 1.807) is 10.9 Å². The lowest BCUT2D eigenvalue weighted by atomic mass is 9.84. The Labute approximate surface area is 125 Å². The van der Waals surface area contributed by atoms with E-state index in [0.717, 1.165) is 19.5 Å². The number of likely N-dealkylation sites (tertiary alicyclic amines) is 2. The van der Waals surface area contributed by atoms with Crippen LogP contribution in [0.25, 0.3) is 0 Å². The topological polar surface area (TPSA) is 67.4 Å². The average molecular weight is 291 g/mol. The number of aryl methyl sites for hydroxylation is 1. The molecule has 3 rings (SSSR count). The van der Waals surface area contributed by atoms with E-state index in [-0.39, 0.29) is 5.91 Å². The molecule has 6 heteroatoms. The summed E-state index contributed by atoms with van der Waals surface area (Å²) in [5, 5.41) is 4.18. The highest BCUT2D eigenvalue weighted by Crippen LogP contribution is 2.30. The molecule has 2 aliphatic rings. The molecule has 2 unspecified atom stereocenters. The molecule has 0 aliphatic carbocycles. The SMILES string of the molecule is CCn1ncc(N)c1C(=O)N1CCC2C(CCCN2C)C1. The molecule has 0 saturated carbocycles. The van der Waals surface area contributed by atoms with Crippen molar-refractivity contribution in [2.24, 2.45) is 5.92 Å². The molecule has 2 atom stereocenters. The van der Waals surface area contributed by atoms with Crippen molar-refractivity contribution in [1.29, 1.82) is 0 Å². The number of carbonyl (C=O) groups is 1. The molecule has 1 aromatic heterocycles. The number of nitrogens with zero attached hydrogens (tertiary/aromatic N) is 4. The van der Waals surface area contributed by atoms with E-state index in [1.807, 2.05) is 11.8 Å². The molecule has 0 bridgehead atoms. The number of amides is 1. The number of hydrogen-bond donors (Lipinski definition) is 1. The van der Waals surface area contributed by atoms with Gasteiger partial charge >= 0.3 is 0 Å². The molecule has 1 amide bonds. The zero-order valence-electron chi connectivity index (χ0n) is 13.0. The normalized spacial score (nSPS) is 26.7. The van der Waals surface area contributed by atoms with Gasteiger partial charge in [-0.2, -0.15) is 5.10 Å². The van der Waals surface area contributed by atoms with Crippen molar-refractivity contribution in [3.63, 3.8) is 0 Å². The summed E-state index contributed by atoms with van der Waals surface area (Å²) >= 11 is 0. The lowest BCUT2D eigenvalue weighted by Gasteiger charge is -2.45. The van der Waals surface area contributed by atoms with Gasteiger partial charge in [0, 0.05) is 25.7 Å². The molecule has 6 nitrogen and oxygen atoms in total. The van der Waals surface area contributed by atoms with E-state index in [2.05, 4.69) is 17.0 Å². The molecule has 0 spiro atoms. The summed E-state index contributed by atoms with van der Waals surface area (Å²) in [4.78, 5) is 17.2. The standard InChI is InChI=1S/C15H25N5O/c1-3-20-14(12(16)9-17-20)15(21)19-8-6-13-11(10-19)5-4-7-18(13)2/h9,11,13H,3-8,10,16H2,1-2H3. The Hall–Kier alpha value is -1.56. The Morgan fingerprint density at radius 3 is 3.00 bits per heavy atom. The number of aromatic nitrogens is 2. The summed E-state index contributed by atoms with van der Waals surface area (Å²) in [6.45, 7) is 5.50. The lowest BCUT2D eigenvalue weighted by Crippen LogP contribution is -2.54. The van der Waals surface area contributed by atoms with Crippen LogP contribution in [0.1, 0.15) is 36.7 Å². The van der Waals surface area contributed by atoms with Crippen LogP contribution in [0.15, 0.2) is 6.20 Å². The van der Waals surface area contributed by atoms with Gasteiger partial charge in [0.2, 0.25) is 0 Å². The summed E-state index contributed by atoms with van der Waals surface area (Å²) in [6, 6.07) is 0.635. The fraction of sp³-hybridized carbons (Fsp3) is 0.733. The molecule has 0 aromatic carbocycles. The number of nitrogen functional groups attached to an aromatic ring is 1.